The summed E-state index contributed by atoms with van der Waals surface area (Å²) in [6.45, 7) is 3.73. The zero-order chi connectivity index (χ0) is 16.5. The fourth-order valence-electron chi connectivity index (χ4n) is 3.08. The van der Waals surface area contributed by atoms with Crippen LogP contribution >= 0.6 is 11.6 Å². The van der Waals surface area contributed by atoms with Crippen LogP contribution in [-0.4, -0.2) is 60.3 Å². The van der Waals surface area contributed by atoms with Crippen molar-refractivity contribution in [2.24, 2.45) is 7.05 Å². The average molecular weight is 349 g/mol. The van der Waals surface area contributed by atoms with E-state index in [1.54, 1.807) is 18.8 Å². The van der Waals surface area contributed by atoms with Crippen molar-refractivity contribution in [1.82, 2.24) is 19.0 Å². The van der Waals surface area contributed by atoms with E-state index in [0.29, 0.717) is 11.6 Å². The number of hydrogen-bond donors (Lipinski definition) is 0. The lowest BCUT2D eigenvalue weighted by Crippen LogP contribution is -2.29. The number of aromatic nitrogens is 2. The molecule has 126 valence electrons. The molecule has 1 aromatic heterocycles. The lowest BCUT2D eigenvalue weighted by molar-refractivity contribution is 0.257. The van der Waals surface area contributed by atoms with Crippen molar-refractivity contribution < 1.29 is 8.42 Å². The van der Waals surface area contributed by atoms with Crippen LogP contribution in [0.15, 0.2) is 0 Å². The van der Waals surface area contributed by atoms with Crippen molar-refractivity contribution in [1.29, 1.82) is 0 Å². The third kappa shape index (κ3) is 3.64. The number of likely N-dealkylation sites (tertiary alicyclic amines) is 1. The molecule has 2 heterocycles. The molecule has 1 aliphatic heterocycles. The SMILES string of the molecule is Cc1nn(C)c(Cl)c1[C@H]1CCCN1CCCS(=O)(=O)N(C)C. The molecule has 0 spiro atoms. The third-order valence-electron chi connectivity index (χ3n) is 4.30. The largest absolute Gasteiger partial charge is 0.296 e. The molecule has 1 saturated heterocycles. The molecule has 0 unspecified atom stereocenters. The molecule has 8 heteroatoms. The van der Waals surface area contributed by atoms with Gasteiger partial charge in [-0.15, -0.1) is 0 Å². The number of halogens is 1. The van der Waals surface area contributed by atoms with Crippen molar-refractivity contribution in [2.75, 3.05) is 32.9 Å². The fraction of sp³-hybridized carbons (Fsp3) is 0.786. The van der Waals surface area contributed by atoms with E-state index in [0.717, 1.165) is 37.2 Å². The Morgan fingerprint density at radius 1 is 1.41 bits per heavy atom. The Bertz CT molecular complexity index is 627. The van der Waals surface area contributed by atoms with Crippen LogP contribution < -0.4 is 0 Å². The van der Waals surface area contributed by atoms with E-state index in [1.165, 1.54) is 4.31 Å². The quantitative estimate of drug-likeness (QED) is 0.786. The maximum atomic E-state index is 11.8. The Balaban J connectivity index is 2.03. The molecule has 1 fully saturated rings. The Hall–Kier alpha value is -0.630. The molecular weight excluding hydrogens is 324 g/mol. The molecule has 0 amide bonds. The molecule has 0 saturated carbocycles. The number of rotatable bonds is 6. The fourth-order valence-corrected chi connectivity index (χ4v) is 4.24. The lowest BCUT2D eigenvalue weighted by atomic mass is 10.1. The number of sulfonamides is 1. The van der Waals surface area contributed by atoms with E-state index in [4.69, 9.17) is 11.6 Å². The van der Waals surface area contributed by atoms with Gasteiger partial charge < -0.3 is 0 Å². The Morgan fingerprint density at radius 2 is 2.09 bits per heavy atom. The number of aryl methyl sites for hydroxylation is 2. The summed E-state index contributed by atoms with van der Waals surface area (Å²) in [6, 6.07) is 0.253. The first-order valence-corrected chi connectivity index (χ1v) is 9.56. The summed E-state index contributed by atoms with van der Waals surface area (Å²) in [4.78, 5) is 2.33. The van der Waals surface area contributed by atoms with Crippen LogP contribution in [0.5, 0.6) is 0 Å². The van der Waals surface area contributed by atoms with Gasteiger partial charge in [0.05, 0.1) is 11.4 Å². The van der Waals surface area contributed by atoms with E-state index < -0.39 is 10.0 Å². The highest BCUT2D eigenvalue weighted by molar-refractivity contribution is 7.89. The van der Waals surface area contributed by atoms with Gasteiger partial charge in [-0.1, -0.05) is 11.6 Å². The second-order valence-electron chi connectivity index (χ2n) is 6.06. The van der Waals surface area contributed by atoms with Crippen molar-refractivity contribution >= 4 is 21.6 Å². The number of hydrogen-bond acceptors (Lipinski definition) is 4. The molecule has 6 nitrogen and oxygen atoms in total. The molecule has 0 radical (unpaired) electrons. The van der Waals surface area contributed by atoms with Crippen LogP contribution in [0.1, 0.15) is 36.6 Å². The molecule has 0 bridgehead atoms. The van der Waals surface area contributed by atoms with Crippen molar-refractivity contribution in [3.63, 3.8) is 0 Å². The van der Waals surface area contributed by atoms with Crippen molar-refractivity contribution in [3.05, 3.63) is 16.4 Å². The maximum absolute atomic E-state index is 11.8. The predicted molar refractivity (Wildman–Crippen MR) is 88.6 cm³/mol. The second-order valence-corrected chi connectivity index (χ2v) is 8.72. The van der Waals surface area contributed by atoms with Gasteiger partial charge in [0.15, 0.2) is 0 Å². The second kappa shape index (κ2) is 6.86. The molecule has 0 aliphatic carbocycles. The molecule has 1 aromatic rings. The predicted octanol–water partition coefficient (Wildman–Crippen LogP) is 1.80. The minimum Gasteiger partial charge on any atom is -0.296 e. The topological polar surface area (TPSA) is 58.4 Å². The molecule has 1 atom stereocenters. The molecule has 22 heavy (non-hydrogen) atoms. The summed E-state index contributed by atoms with van der Waals surface area (Å²) >= 11 is 6.38. The van der Waals surface area contributed by atoms with Gasteiger partial charge in [0.2, 0.25) is 10.0 Å². The first kappa shape index (κ1) is 17.7. The Labute approximate surface area is 138 Å². The van der Waals surface area contributed by atoms with Crippen LogP contribution in [0.2, 0.25) is 5.15 Å². The maximum Gasteiger partial charge on any atom is 0.213 e. The van der Waals surface area contributed by atoms with Gasteiger partial charge in [-0.3, -0.25) is 9.58 Å². The van der Waals surface area contributed by atoms with E-state index in [-0.39, 0.29) is 11.8 Å². The van der Waals surface area contributed by atoms with Crippen LogP contribution in [0.4, 0.5) is 0 Å². The van der Waals surface area contributed by atoms with Gasteiger partial charge in [-0.25, -0.2) is 12.7 Å². The Morgan fingerprint density at radius 3 is 2.64 bits per heavy atom. The summed E-state index contributed by atoms with van der Waals surface area (Å²) < 4.78 is 26.7. The van der Waals surface area contributed by atoms with E-state index in [9.17, 15) is 8.42 Å². The highest BCUT2D eigenvalue weighted by atomic mass is 35.5. The van der Waals surface area contributed by atoms with Gasteiger partial charge >= 0.3 is 0 Å². The van der Waals surface area contributed by atoms with Gasteiger partial charge in [-0.05, 0) is 39.3 Å². The number of nitrogens with zero attached hydrogens (tertiary/aromatic N) is 4. The highest BCUT2D eigenvalue weighted by Gasteiger charge is 2.31. The lowest BCUT2D eigenvalue weighted by Gasteiger charge is -2.25. The van der Waals surface area contributed by atoms with E-state index in [1.807, 2.05) is 14.0 Å². The van der Waals surface area contributed by atoms with Crippen LogP contribution in [0, 0.1) is 6.92 Å². The van der Waals surface area contributed by atoms with E-state index >= 15 is 0 Å². The highest BCUT2D eigenvalue weighted by Crippen LogP contribution is 2.37. The van der Waals surface area contributed by atoms with Crippen molar-refractivity contribution in [3.8, 4) is 0 Å². The molecule has 2 rings (SSSR count). The summed E-state index contributed by atoms with van der Waals surface area (Å²) in [5.41, 5.74) is 2.06. The standard InChI is InChI=1S/C14H25ClN4O2S/c1-11-13(14(15)18(4)16-11)12-7-5-8-19(12)9-6-10-22(20,21)17(2)3/h12H,5-10H2,1-4H3/t12-/m1/s1. The summed E-state index contributed by atoms with van der Waals surface area (Å²) in [5.74, 6) is 0.184. The minimum atomic E-state index is -3.12. The normalized spacial score (nSPS) is 20.2. The molecular formula is C14H25ClN4O2S. The van der Waals surface area contributed by atoms with Crippen LogP contribution in [0.3, 0.4) is 0 Å². The molecule has 0 aromatic carbocycles. The summed E-state index contributed by atoms with van der Waals surface area (Å²) in [5, 5.41) is 5.08. The average Bonchev–Trinajstić information content (AvgIpc) is 2.95. The van der Waals surface area contributed by atoms with Crippen LogP contribution in [0.25, 0.3) is 0 Å². The zero-order valence-corrected chi connectivity index (χ0v) is 15.3. The summed E-state index contributed by atoms with van der Waals surface area (Å²) in [6.07, 6.45) is 2.79. The first-order valence-electron chi connectivity index (χ1n) is 7.57. The zero-order valence-electron chi connectivity index (χ0n) is 13.7. The monoisotopic (exact) mass is 348 g/mol. The van der Waals surface area contributed by atoms with Gasteiger partial charge in [-0.2, -0.15) is 5.10 Å². The van der Waals surface area contributed by atoms with Gasteiger partial charge in [0.25, 0.3) is 0 Å². The smallest absolute Gasteiger partial charge is 0.213 e. The van der Waals surface area contributed by atoms with E-state index in [2.05, 4.69) is 10.00 Å². The van der Waals surface area contributed by atoms with Gasteiger partial charge in [0, 0.05) is 32.7 Å². The molecule has 1 aliphatic rings. The molecule has 0 N–H and O–H groups in total. The minimum absolute atomic E-state index is 0.184. The van der Waals surface area contributed by atoms with Crippen molar-refractivity contribution in [2.45, 2.75) is 32.2 Å². The van der Waals surface area contributed by atoms with Crippen LogP contribution in [-0.2, 0) is 17.1 Å². The van der Waals surface area contributed by atoms with Gasteiger partial charge in [0.1, 0.15) is 5.15 Å². The third-order valence-corrected chi connectivity index (χ3v) is 6.66. The first-order chi connectivity index (χ1) is 10.2. The Kier molecular flexibility index (Phi) is 5.53. The summed E-state index contributed by atoms with van der Waals surface area (Å²) in [7, 11) is 1.88.